The standard InChI is InChI=1S/C52H70O5/c1-49(2,3)41-25-33-21-37-29-43(51(7,8)9)31-39-23-35-27-42(50(4,5)6)28-36(46(35)54-14)24-40-32-44(52(10,11)12)30-38(22-34(26-41)45(33)53-13)48(40)57-20-16-18-55-17-15-19-56-47(37)39/h25-32H,15-24H2,1-14H3. The SMILES string of the molecule is COc1c2cc(C(C)(C)C)cc1Cc1cc(C(C)(C)C)cc3c1OCCCOCCCOc1c(cc(C(C)(C)C)cc1Cc1cc(C(C)(C)C)cc(c1OC)C3)C2. The number of ether oxygens (including phenoxy) is 5. The lowest BCUT2D eigenvalue weighted by Crippen LogP contribution is -2.18. The van der Waals surface area contributed by atoms with Gasteiger partial charge in [-0.1, -0.05) is 132 Å². The van der Waals surface area contributed by atoms with E-state index in [2.05, 4.69) is 132 Å². The molecule has 4 aromatic rings. The smallest absolute Gasteiger partial charge is 0.126 e. The molecule has 1 heterocycles. The minimum absolute atomic E-state index is 0.0762. The van der Waals surface area contributed by atoms with Crippen molar-refractivity contribution in [1.29, 1.82) is 0 Å². The summed E-state index contributed by atoms with van der Waals surface area (Å²) >= 11 is 0. The number of fused-ring (bicyclic) bond motifs is 2. The van der Waals surface area contributed by atoms with Gasteiger partial charge in [0, 0.05) is 51.7 Å². The molecule has 0 unspecified atom stereocenters. The highest BCUT2D eigenvalue weighted by molar-refractivity contribution is 5.60. The molecule has 0 spiro atoms. The quantitative estimate of drug-likeness (QED) is 0.179. The van der Waals surface area contributed by atoms with Crippen molar-refractivity contribution in [2.45, 2.75) is 143 Å². The highest BCUT2D eigenvalue weighted by atomic mass is 16.5. The molecule has 0 saturated heterocycles. The van der Waals surface area contributed by atoms with Gasteiger partial charge in [-0.05, 0) is 88.4 Å². The van der Waals surface area contributed by atoms with Crippen molar-refractivity contribution in [3.8, 4) is 23.0 Å². The van der Waals surface area contributed by atoms with Gasteiger partial charge >= 0.3 is 0 Å². The second-order valence-corrected chi connectivity index (χ2v) is 20.6. The maximum Gasteiger partial charge on any atom is 0.126 e. The summed E-state index contributed by atoms with van der Waals surface area (Å²) < 4.78 is 33.1. The molecule has 5 heteroatoms. The monoisotopic (exact) mass is 775 g/mol. The summed E-state index contributed by atoms with van der Waals surface area (Å²) in [5.74, 6) is 3.80. The first kappa shape index (κ1) is 42.6. The van der Waals surface area contributed by atoms with Crippen LogP contribution in [0.1, 0.15) is 163 Å². The van der Waals surface area contributed by atoms with Gasteiger partial charge in [0.15, 0.2) is 0 Å². The van der Waals surface area contributed by atoms with Gasteiger partial charge in [-0.15, -0.1) is 0 Å². The molecule has 1 aliphatic carbocycles. The molecule has 0 fully saturated rings. The van der Waals surface area contributed by atoms with E-state index in [1.165, 1.54) is 66.8 Å². The lowest BCUT2D eigenvalue weighted by atomic mass is 9.79. The average molecular weight is 775 g/mol. The fourth-order valence-corrected chi connectivity index (χ4v) is 8.29. The van der Waals surface area contributed by atoms with E-state index in [4.69, 9.17) is 23.7 Å². The van der Waals surface area contributed by atoms with Crippen molar-refractivity contribution in [3.05, 3.63) is 115 Å². The summed E-state index contributed by atoms with van der Waals surface area (Å²) in [6.07, 6.45) is 4.27. The maximum atomic E-state index is 6.98. The maximum absolute atomic E-state index is 6.98. The van der Waals surface area contributed by atoms with Crippen molar-refractivity contribution in [3.63, 3.8) is 0 Å². The molecule has 5 nitrogen and oxygen atoms in total. The van der Waals surface area contributed by atoms with E-state index >= 15 is 0 Å². The van der Waals surface area contributed by atoms with Crippen LogP contribution in [0.25, 0.3) is 0 Å². The number of hydrogen-bond acceptors (Lipinski definition) is 5. The number of rotatable bonds is 2. The third kappa shape index (κ3) is 9.68. The Kier molecular flexibility index (Phi) is 12.2. The van der Waals surface area contributed by atoms with Crippen LogP contribution in [0.3, 0.4) is 0 Å². The number of methoxy groups -OCH3 is 2. The topological polar surface area (TPSA) is 46.2 Å². The van der Waals surface area contributed by atoms with Crippen LogP contribution in [-0.4, -0.2) is 40.6 Å². The lowest BCUT2D eigenvalue weighted by molar-refractivity contribution is 0.107. The largest absolute Gasteiger partial charge is 0.496 e. The Morgan fingerprint density at radius 2 is 0.614 bits per heavy atom. The van der Waals surface area contributed by atoms with E-state index in [-0.39, 0.29) is 21.7 Å². The van der Waals surface area contributed by atoms with Crippen LogP contribution in [0.5, 0.6) is 23.0 Å². The first-order valence-corrected chi connectivity index (χ1v) is 21.2. The summed E-state index contributed by atoms with van der Waals surface area (Å²) in [7, 11) is 3.66. The summed E-state index contributed by atoms with van der Waals surface area (Å²) in [6, 6.07) is 19.1. The summed E-state index contributed by atoms with van der Waals surface area (Å²) in [5.41, 5.74) is 14.2. The molecule has 6 rings (SSSR count). The van der Waals surface area contributed by atoms with E-state index in [1.54, 1.807) is 0 Å². The summed E-state index contributed by atoms with van der Waals surface area (Å²) in [6.45, 7) is 30.1. The van der Waals surface area contributed by atoms with E-state index in [1.807, 2.05) is 14.2 Å². The summed E-state index contributed by atoms with van der Waals surface area (Å²) in [5, 5.41) is 0. The van der Waals surface area contributed by atoms with Crippen molar-refractivity contribution in [2.75, 3.05) is 40.6 Å². The average Bonchev–Trinajstić information content (AvgIpc) is 3.09. The molecule has 2 aliphatic rings. The van der Waals surface area contributed by atoms with Gasteiger partial charge in [-0.3, -0.25) is 0 Å². The van der Waals surface area contributed by atoms with E-state index in [0.29, 0.717) is 52.1 Å². The minimum atomic E-state index is -0.0840. The van der Waals surface area contributed by atoms with E-state index in [9.17, 15) is 0 Å². The molecule has 0 saturated carbocycles. The zero-order valence-electron chi connectivity index (χ0n) is 37.7. The molecular formula is C52H70O5. The highest BCUT2D eigenvalue weighted by Gasteiger charge is 2.29. The molecule has 308 valence electrons. The molecular weight excluding hydrogens is 705 g/mol. The Morgan fingerprint density at radius 1 is 0.368 bits per heavy atom. The van der Waals surface area contributed by atoms with Gasteiger partial charge in [-0.25, -0.2) is 0 Å². The second kappa shape index (κ2) is 16.4. The van der Waals surface area contributed by atoms with Crippen LogP contribution < -0.4 is 18.9 Å². The third-order valence-corrected chi connectivity index (χ3v) is 11.7. The zero-order chi connectivity index (χ0) is 41.5. The number of benzene rings is 4. The second-order valence-electron chi connectivity index (χ2n) is 20.6. The Morgan fingerprint density at radius 3 is 0.842 bits per heavy atom. The third-order valence-electron chi connectivity index (χ3n) is 11.7. The van der Waals surface area contributed by atoms with Crippen molar-refractivity contribution < 1.29 is 23.7 Å². The van der Waals surface area contributed by atoms with Crippen LogP contribution in [0.2, 0.25) is 0 Å². The zero-order valence-corrected chi connectivity index (χ0v) is 37.7. The molecule has 0 amide bonds. The molecule has 0 radical (unpaired) electrons. The summed E-state index contributed by atoms with van der Waals surface area (Å²) in [4.78, 5) is 0. The Balaban J connectivity index is 1.79. The molecule has 10 bridgehead atoms. The molecule has 0 atom stereocenters. The fraction of sp³-hybridized carbons (Fsp3) is 0.538. The van der Waals surface area contributed by atoms with Gasteiger partial charge in [-0.2, -0.15) is 0 Å². The van der Waals surface area contributed by atoms with Crippen molar-refractivity contribution in [1.82, 2.24) is 0 Å². The molecule has 0 aromatic heterocycles. The molecule has 0 N–H and O–H groups in total. The van der Waals surface area contributed by atoms with Gasteiger partial charge in [0.2, 0.25) is 0 Å². The van der Waals surface area contributed by atoms with Crippen molar-refractivity contribution >= 4 is 0 Å². The molecule has 1 aliphatic heterocycles. The van der Waals surface area contributed by atoms with Gasteiger partial charge in [0.1, 0.15) is 23.0 Å². The predicted octanol–water partition coefficient (Wildman–Crippen LogP) is 12.1. The van der Waals surface area contributed by atoms with Crippen molar-refractivity contribution in [2.24, 2.45) is 0 Å². The minimum Gasteiger partial charge on any atom is -0.496 e. The van der Waals surface area contributed by atoms with E-state index in [0.717, 1.165) is 35.8 Å². The van der Waals surface area contributed by atoms with Crippen LogP contribution in [0, 0.1) is 0 Å². The van der Waals surface area contributed by atoms with Crippen LogP contribution >= 0.6 is 0 Å². The predicted molar refractivity (Wildman–Crippen MR) is 236 cm³/mol. The lowest BCUT2D eigenvalue weighted by Gasteiger charge is -2.29. The Labute approximate surface area is 344 Å². The fourth-order valence-electron chi connectivity index (χ4n) is 8.29. The van der Waals surface area contributed by atoms with Gasteiger partial charge in [0.05, 0.1) is 27.4 Å². The number of hydrogen-bond donors (Lipinski definition) is 0. The molecule has 4 aromatic carbocycles. The van der Waals surface area contributed by atoms with E-state index < -0.39 is 0 Å². The van der Waals surface area contributed by atoms with Crippen LogP contribution in [0.4, 0.5) is 0 Å². The van der Waals surface area contributed by atoms with Gasteiger partial charge < -0.3 is 23.7 Å². The Bertz CT molecular complexity index is 1830. The Hall–Kier alpha value is -3.96. The normalized spacial score (nSPS) is 15.8. The van der Waals surface area contributed by atoms with Crippen LogP contribution in [0.15, 0.2) is 48.5 Å². The first-order chi connectivity index (χ1) is 26.7. The van der Waals surface area contributed by atoms with Gasteiger partial charge in [0.25, 0.3) is 0 Å². The first-order valence-electron chi connectivity index (χ1n) is 21.2. The molecule has 57 heavy (non-hydrogen) atoms. The highest BCUT2D eigenvalue weighted by Crippen LogP contribution is 2.44. The van der Waals surface area contributed by atoms with Crippen LogP contribution in [-0.2, 0) is 52.1 Å².